The molecule has 0 amide bonds. The van der Waals surface area contributed by atoms with Crippen LogP contribution in [-0.4, -0.2) is 36.3 Å². The molecule has 2 heterocycles. The van der Waals surface area contributed by atoms with Gasteiger partial charge < -0.3 is 9.84 Å². The molecule has 0 spiro atoms. The van der Waals surface area contributed by atoms with Gasteiger partial charge in [0.25, 0.3) is 5.88 Å². The molecule has 0 aliphatic rings. The highest BCUT2D eigenvalue weighted by Gasteiger charge is 2.16. The molecule has 4 aromatic rings. The molecule has 4 rings (SSSR count). The maximum absolute atomic E-state index is 11.0. The van der Waals surface area contributed by atoms with Crippen molar-refractivity contribution in [1.29, 1.82) is 0 Å². The van der Waals surface area contributed by atoms with Crippen molar-refractivity contribution in [1.82, 2.24) is 25.2 Å². The van der Waals surface area contributed by atoms with Crippen molar-refractivity contribution in [3.63, 3.8) is 0 Å². The van der Waals surface area contributed by atoms with E-state index in [4.69, 9.17) is 9.84 Å². The van der Waals surface area contributed by atoms with Crippen LogP contribution in [0.15, 0.2) is 48.7 Å². The molecule has 0 atom stereocenters. The zero-order valence-corrected chi connectivity index (χ0v) is 14.2. The maximum atomic E-state index is 11.0. The van der Waals surface area contributed by atoms with Crippen molar-refractivity contribution < 1.29 is 14.6 Å². The molecule has 0 bridgehead atoms. The van der Waals surface area contributed by atoms with Crippen molar-refractivity contribution in [2.45, 2.75) is 0 Å². The SMILES string of the molecule is Cn1ncc2cc(C#Cc3ccc(Oc4[nH]nnc4C(=O)O)cc3)ccc21. The number of nitrogens with one attached hydrogen (secondary N) is 1. The number of rotatable bonds is 3. The van der Waals surface area contributed by atoms with Crippen LogP contribution in [0.1, 0.15) is 21.6 Å². The molecule has 0 fully saturated rings. The van der Waals surface area contributed by atoms with Gasteiger partial charge in [0.15, 0.2) is 0 Å². The predicted molar refractivity (Wildman–Crippen MR) is 96.6 cm³/mol. The number of hydrogen-bond donors (Lipinski definition) is 2. The molecule has 2 N–H and O–H groups in total. The zero-order chi connectivity index (χ0) is 18.8. The molecule has 0 saturated carbocycles. The topological polar surface area (TPSA) is 106 Å². The Morgan fingerprint density at radius 2 is 1.89 bits per heavy atom. The van der Waals surface area contributed by atoms with Gasteiger partial charge in [0, 0.05) is 23.6 Å². The van der Waals surface area contributed by atoms with E-state index in [-0.39, 0.29) is 11.6 Å². The summed E-state index contributed by atoms with van der Waals surface area (Å²) < 4.78 is 7.28. The Balaban J connectivity index is 1.51. The number of carboxylic acid groups (broad SMARTS) is 1. The average molecular weight is 359 g/mol. The van der Waals surface area contributed by atoms with Crippen molar-refractivity contribution in [3.8, 4) is 23.5 Å². The van der Waals surface area contributed by atoms with Crippen LogP contribution < -0.4 is 4.74 Å². The predicted octanol–water partition coefficient (Wildman–Crippen LogP) is 2.58. The third-order valence-corrected chi connectivity index (χ3v) is 3.89. The minimum Gasteiger partial charge on any atom is -0.476 e. The van der Waals surface area contributed by atoms with E-state index in [1.807, 2.05) is 36.1 Å². The number of H-pyrrole nitrogens is 1. The zero-order valence-electron chi connectivity index (χ0n) is 14.2. The standard InChI is InChI=1S/C19H13N5O3/c1-24-16-9-6-13(10-14(16)11-20-24)3-2-12-4-7-15(8-5-12)27-18-17(19(25)26)21-23-22-18/h4-11H,1H3,(H,25,26)(H,21,22,23). The molecule has 0 aliphatic carbocycles. The molecule has 8 heteroatoms. The number of hydrogen-bond acceptors (Lipinski definition) is 5. The Labute approximate surface area is 153 Å². The first-order chi connectivity index (χ1) is 13.1. The molecule has 8 nitrogen and oxygen atoms in total. The lowest BCUT2D eigenvalue weighted by Crippen LogP contribution is -1.99. The fourth-order valence-electron chi connectivity index (χ4n) is 2.54. The monoisotopic (exact) mass is 359 g/mol. The van der Waals surface area contributed by atoms with Gasteiger partial charge in [-0.3, -0.25) is 4.68 Å². The third-order valence-electron chi connectivity index (χ3n) is 3.89. The smallest absolute Gasteiger partial charge is 0.362 e. The lowest BCUT2D eigenvalue weighted by atomic mass is 10.1. The highest BCUT2D eigenvalue weighted by molar-refractivity contribution is 5.87. The third kappa shape index (κ3) is 3.34. The second-order valence-corrected chi connectivity index (χ2v) is 5.71. The van der Waals surface area contributed by atoms with Gasteiger partial charge in [0.1, 0.15) is 5.75 Å². The number of carboxylic acids is 1. The summed E-state index contributed by atoms with van der Waals surface area (Å²) >= 11 is 0. The van der Waals surface area contributed by atoms with Gasteiger partial charge in [-0.1, -0.05) is 17.1 Å². The average Bonchev–Trinajstić information content (AvgIpc) is 3.28. The van der Waals surface area contributed by atoms with Crippen molar-refractivity contribution in [2.75, 3.05) is 0 Å². The van der Waals surface area contributed by atoms with E-state index < -0.39 is 5.97 Å². The second-order valence-electron chi connectivity index (χ2n) is 5.71. The Kier molecular flexibility index (Phi) is 4.03. The van der Waals surface area contributed by atoms with Crippen LogP contribution in [0.3, 0.4) is 0 Å². The largest absolute Gasteiger partial charge is 0.476 e. The van der Waals surface area contributed by atoms with E-state index in [0.29, 0.717) is 5.75 Å². The molecule has 27 heavy (non-hydrogen) atoms. The highest BCUT2D eigenvalue weighted by atomic mass is 16.5. The number of aromatic nitrogens is 5. The second kappa shape index (κ2) is 6.65. The van der Waals surface area contributed by atoms with Gasteiger partial charge in [-0.2, -0.15) is 5.10 Å². The molecule has 132 valence electrons. The van der Waals surface area contributed by atoms with Gasteiger partial charge in [-0.15, -0.1) is 5.10 Å². The number of ether oxygens (including phenoxy) is 1. The van der Waals surface area contributed by atoms with Crippen LogP contribution >= 0.6 is 0 Å². The van der Waals surface area contributed by atoms with Crippen LogP contribution in [0.25, 0.3) is 10.9 Å². The maximum Gasteiger partial charge on any atom is 0.362 e. The van der Waals surface area contributed by atoms with Crippen LogP contribution in [0.2, 0.25) is 0 Å². The molecule has 2 aromatic carbocycles. The molecule has 0 unspecified atom stereocenters. The molecule has 0 radical (unpaired) electrons. The minimum absolute atomic E-state index is 0.0221. The first-order valence-electron chi connectivity index (χ1n) is 7.96. The molecular weight excluding hydrogens is 346 g/mol. The Morgan fingerprint density at radius 3 is 2.67 bits per heavy atom. The number of aromatic carboxylic acids is 1. The fraction of sp³-hybridized carbons (Fsp3) is 0.0526. The summed E-state index contributed by atoms with van der Waals surface area (Å²) in [6, 6.07) is 12.9. The van der Waals surface area contributed by atoms with Gasteiger partial charge in [-0.05, 0) is 42.5 Å². The van der Waals surface area contributed by atoms with Crippen molar-refractivity contribution in [3.05, 3.63) is 65.5 Å². The van der Waals surface area contributed by atoms with E-state index in [1.54, 1.807) is 24.3 Å². The summed E-state index contributed by atoms with van der Waals surface area (Å²) in [6.07, 6.45) is 1.81. The Bertz CT molecular complexity index is 1200. The van der Waals surface area contributed by atoms with E-state index in [0.717, 1.165) is 22.0 Å². The van der Waals surface area contributed by atoms with Gasteiger partial charge in [-0.25, -0.2) is 9.89 Å². The van der Waals surface area contributed by atoms with Crippen molar-refractivity contribution in [2.24, 2.45) is 7.05 Å². The van der Waals surface area contributed by atoms with E-state index in [2.05, 4.69) is 32.4 Å². The number of benzene rings is 2. The first kappa shape index (κ1) is 16.4. The van der Waals surface area contributed by atoms with Gasteiger partial charge in [0.2, 0.25) is 5.69 Å². The lowest BCUT2D eigenvalue weighted by molar-refractivity contribution is 0.0687. The normalized spacial score (nSPS) is 10.4. The van der Waals surface area contributed by atoms with E-state index in [1.165, 1.54) is 0 Å². The number of nitrogens with zero attached hydrogens (tertiary/aromatic N) is 4. The fourth-order valence-corrected chi connectivity index (χ4v) is 2.54. The summed E-state index contributed by atoms with van der Waals surface area (Å²) in [5, 5.41) is 23.6. The summed E-state index contributed by atoms with van der Waals surface area (Å²) in [5.74, 6) is 5.42. The van der Waals surface area contributed by atoms with Crippen LogP contribution in [0.4, 0.5) is 0 Å². The number of fused-ring (bicyclic) bond motifs is 1. The minimum atomic E-state index is -1.22. The molecular formula is C19H13N5O3. The number of aromatic amines is 1. The Morgan fingerprint density at radius 1 is 1.15 bits per heavy atom. The molecule has 2 aromatic heterocycles. The Hall–Kier alpha value is -4.12. The van der Waals surface area contributed by atoms with Crippen LogP contribution in [0.5, 0.6) is 11.6 Å². The number of aryl methyl sites for hydroxylation is 1. The van der Waals surface area contributed by atoms with Gasteiger partial charge in [0.05, 0.1) is 11.7 Å². The highest BCUT2D eigenvalue weighted by Crippen LogP contribution is 2.22. The van der Waals surface area contributed by atoms with Crippen LogP contribution in [0, 0.1) is 11.8 Å². The van der Waals surface area contributed by atoms with Crippen molar-refractivity contribution >= 4 is 16.9 Å². The van der Waals surface area contributed by atoms with Gasteiger partial charge >= 0.3 is 5.97 Å². The summed E-state index contributed by atoms with van der Waals surface area (Å²) in [4.78, 5) is 11.0. The quantitative estimate of drug-likeness (QED) is 0.545. The van der Waals surface area contributed by atoms with E-state index >= 15 is 0 Å². The van der Waals surface area contributed by atoms with E-state index in [9.17, 15) is 4.79 Å². The first-order valence-corrected chi connectivity index (χ1v) is 7.96. The van der Waals surface area contributed by atoms with Crippen LogP contribution in [-0.2, 0) is 7.05 Å². The summed E-state index contributed by atoms with van der Waals surface area (Å²) in [5.41, 5.74) is 2.47. The molecule has 0 aliphatic heterocycles. The number of carbonyl (C=O) groups is 1. The lowest BCUT2D eigenvalue weighted by Gasteiger charge is -2.02. The molecule has 0 saturated heterocycles. The summed E-state index contributed by atoms with van der Waals surface area (Å²) in [6.45, 7) is 0. The summed E-state index contributed by atoms with van der Waals surface area (Å²) in [7, 11) is 1.90.